The van der Waals surface area contributed by atoms with E-state index in [4.69, 9.17) is 11.6 Å². The lowest BCUT2D eigenvalue weighted by atomic mass is 10.2. The summed E-state index contributed by atoms with van der Waals surface area (Å²) in [7, 11) is 4.19. The van der Waals surface area contributed by atoms with Crippen molar-refractivity contribution in [3.63, 3.8) is 0 Å². The molecule has 0 amide bonds. The van der Waals surface area contributed by atoms with Gasteiger partial charge < -0.3 is 4.57 Å². The normalized spacial score (nSPS) is 13.5. The van der Waals surface area contributed by atoms with E-state index in [9.17, 15) is 0 Å². The lowest BCUT2D eigenvalue weighted by Gasteiger charge is -2.23. The van der Waals surface area contributed by atoms with Gasteiger partial charge >= 0.3 is 0 Å². The summed E-state index contributed by atoms with van der Waals surface area (Å²) in [6.07, 6.45) is 5.27. The molecule has 0 aromatic carbocycles. The van der Waals surface area contributed by atoms with Crippen LogP contribution < -0.4 is 0 Å². The molecule has 4 nitrogen and oxygen atoms in total. The molecule has 114 valence electrons. The second kappa shape index (κ2) is 9.42. The van der Waals surface area contributed by atoms with Crippen LogP contribution in [-0.2, 0) is 6.54 Å². The highest BCUT2D eigenvalue weighted by Crippen LogP contribution is 2.25. The van der Waals surface area contributed by atoms with Crippen LogP contribution in [0.2, 0.25) is 0 Å². The average molecular weight is 317 g/mol. The van der Waals surface area contributed by atoms with Gasteiger partial charge in [-0.3, -0.25) is 4.90 Å². The molecule has 1 aromatic heterocycles. The van der Waals surface area contributed by atoms with Crippen LogP contribution in [0, 0.1) is 0 Å². The van der Waals surface area contributed by atoms with Gasteiger partial charge in [-0.15, -0.1) is 10.2 Å². The van der Waals surface area contributed by atoms with Crippen molar-refractivity contribution in [1.82, 2.24) is 19.7 Å². The number of nitrogens with zero attached hydrogens (tertiary/aromatic N) is 4. The number of rotatable bonds is 9. The smallest absolute Gasteiger partial charge is 0.191 e. The fourth-order valence-electron chi connectivity index (χ4n) is 2.12. The van der Waals surface area contributed by atoms with Crippen molar-refractivity contribution < 1.29 is 0 Å². The first kappa shape index (κ1) is 17.5. The number of aromatic nitrogens is 3. The predicted molar refractivity (Wildman–Crippen MR) is 87.4 cm³/mol. The molecule has 1 atom stereocenters. The maximum absolute atomic E-state index is 5.57. The standard InChI is InChI=1S/C14H25ClN4S/c1-5-7-10-19-13(12(6-2)18(3)4)16-17-14(19)20-11-8-9-15/h8-9,12H,5-7,10-11H2,1-4H3. The Kier molecular flexibility index (Phi) is 8.26. The van der Waals surface area contributed by atoms with Crippen LogP contribution in [0.1, 0.15) is 45.0 Å². The molecule has 1 heterocycles. The molecule has 0 aliphatic heterocycles. The minimum absolute atomic E-state index is 0.317. The van der Waals surface area contributed by atoms with Gasteiger partial charge in [0.1, 0.15) is 0 Å². The van der Waals surface area contributed by atoms with Crippen LogP contribution in [0.5, 0.6) is 0 Å². The molecule has 0 N–H and O–H groups in total. The first-order valence-corrected chi connectivity index (χ1v) is 8.55. The number of unbranched alkanes of at least 4 members (excludes halogenated alkanes) is 1. The van der Waals surface area contributed by atoms with E-state index in [0.717, 1.165) is 36.1 Å². The van der Waals surface area contributed by atoms with Crippen molar-refractivity contribution in [3.05, 3.63) is 17.4 Å². The Hall–Kier alpha value is -0.520. The molecule has 0 aliphatic rings. The molecule has 0 aliphatic carbocycles. The van der Waals surface area contributed by atoms with Gasteiger partial charge in [0.2, 0.25) is 0 Å². The monoisotopic (exact) mass is 316 g/mol. The summed E-state index contributed by atoms with van der Waals surface area (Å²) < 4.78 is 2.27. The summed E-state index contributed by atoms with van der Waals surface area (Å²) in [5.74, 6) is 1.90. The molecule has 0 radical (unpaired) electrons. The third kappa shape index (κ3) is 4.79. The first-order chi connectivity index (χ1) is 9.65. The molecule has 1 unspecified atom stereocenters. The minimum Gasteiger partial charge on any atom is -0.305 e. The van der Waals surface area contributed by atoms with Crippen molar-refractivity contribution in [2.24, 2.45) is 0 Å². The molecule has 1 aromatic rings. The summed E-state index contributed by atoms with van der Waals surface area (Å²) in [5.41, 5.74) is 1.55. The Morgan fingerprint density at radius 3 is 2.65 bits per heavy atom. The van der Waals surface area contributed by atoms with E-state index in [1.54, 1.807) is 17.3 Å². The first-order valence-electron chi connectivity index (χ1n) is 7.13. The third-order valence-electron chi connectivity index (χ3n) is 3.19. The fourth-order valence-corrected chi connectivity index (χ4v) is 3.09. The summed E-state index contributed by atoms with van der Waals surface area (Å²) in [6.45, 7) is 5.37. The second-order valence-corrected chi connectivity index (χ2v) is 6.15. The van der Waals surface area contributed by atoms with E-state index < -0.39 is 0 Å². The fraction of sp³-hybridized carbons (Fsp3) is 0.714. The molecule has 1 rings (SSSR count). The summed E-state index contributed by atoms with van der Waals surface area (Å²) >= 11 is 7.25. The van der Waals surface area contributed by atoms with E-state index in [0.29, 0.717) is 6.04 Å². The predicted octanol–water partition coefficient (Wildman–Crippen LogP) is 3.94. The third-order valence-corrected chi connectivity index (χ3v) is 4.28. The maximum Gasteiger partial charge on any atom is 0.191 e. The molecule has 0 spiro atoms. The van der Waals surface area contributed by atoms with Gasteiger partial charge in [0, 0.05) is 17.8 Å². The largest absolute Gasteiger partial charge is 0.305 e. The van der Waals surface area contributed by atoms with Gasteiger partial charge in [-0.1, -0.05) is 49.7 Å². The van der Waals surface area contributed by atoms with Crippen LogP contribution in [0.4, 0.5) is 0 Å². The van der Waals surface area contributed by atoms with E-state index in [2.05, 4.69) is 47.6 Å². The van der Waals surface area contributed by atoms with E-state index in [1.165, 1.54) is 6.42 Å². The van der Waals surface area contributed by atoms with Crippen molar-refractivity contribution in [3.8, 4) is 0 Å². The van der Waals surface area contributed by atoms with E-state index in [1.807, 2.05) is 6.08 Å². The highest BCUT2D eigenvalue weighted by Gasteiger charge is 2.21. The molecule has 6 heteroatoms. The van der Waals surface area contributed by atoms with Crippen LogP contribution in [0.25, 0.3) is 0 Å². The van der Waals surface area contributed by atoms with Gasteiger partial charge in [0.15, 0.2) is 11.0 Å². The van der Waals surface area contributed by atoms with Crippen molar-refractivity contribution in [1.29, 1.82) is 0 Å². The van der Waals surface area contributed by atoms with Gasteiger partial charge in [-0.05, 0) is 26.9 Å². The van der Waals surface area contributed by atoms with Crippen LogP contribution in [-0.4, -0.2) is 39.5 Å². The van der Waals surface area contributed by atoms with Crippen molar-refractivity contribution >= 4 is 23.4 Å². The Morgan fingerprint density at radius 2 is 2.10 bits per heavy atom. The highest BCUT2D eigenvalue weighted by molar-refractivity contribution is 7.99. The molecule has 0 saturated carbocycles. The maximum atomic E-state index is 5.57. The van der Waals surface area contributed by atoms with Gasteiger partial charge in [-0.2, -0.15) is 0 Å². The Morgan fingerprint density at radius 1 is 1.35 bits per heavy atom. The number of hydrogen-bond donors (Lipinski definition) is 0. The topological polar surface area (TPSA) is 34.0 Å². The van der Waals surface area contributed by atoms with Gasteiger partial charge in [-0.25, -0.2) is 0 Å². The molecule has 0 fully saturated rings. The zero-order valence-corrected chi connectivity index (χ0v) is 14.4. The van der Waals surface area contributed by atoms with Gasteiger partial charge in [0.25, 0.3) is 0 Å². The summed E-state index contributed by atoms with van der Waals surface area (Å²) in [5, 5.41) is 9.79. The number of thioether (sulfide) groups is 1. The molecular formula is C14H25ClN4S. The number of hydrogen-bond acceptors (Lipinski definition) is 4. The molecular weight excluding hydrogens is 292 g/mol. The quantitative estimate of drug-likeness (QED) is 0.646. The zero-order chi connectivity index (χ0) is 15.0. The zero-order valence-electron chi connectivity index (χ0n) is 12.8. The molecule has 0 saturated heterocycles. The average Bonchev–Trinajstić information content (AvgIpc) is 2.80. The molecule has 0 bridgehead atoms. The van der Waals surface area contributed by atoms with E-state index >= 15 is 0 Å². The Balaban J connectivity index is 2.97. The van der Waals surface area contributed by atoms with Crippen molar-refractivity contribution in [2.75, 3.05) is 19.8 Å². The number of halogens is 1. The van der Waals surface area contributed by atoms with E-state index in [-0.39, 0.29) is 0 Å². The Bertz CT molecular complexity index is 417. The van der Waals surface area contributed by atoms with Crippen LogP contribution >= 0.6 is 23.4 Å². The Labute approximate surface area is 131 Å². The SMILES string of the molecule is CCCCn1c(SCC=CCl)nnc1C(CC)N(C)C. The lowest BCUT2D eigenvalue weighted by molar-refractivity contribution is 0.270. The van der Waals surface area contributed by atoms with Gasteiger partial charge in [0.05, 0.1) is 6.04 Å². The molecule has 20 heavy (non-hydrogen) atoms. The highest BCUT2D eigenvalue weighted by atomic mass is 35.5. The summed E-state index contributed by atoms with van der Waals surface area (Å²) in [4.78, 5) is 2.21. The lowest BCUT2D eigenvalue weighted by Crippen LogP contribution is -2.23. The van der Waals surface area contributed by atoms with Crippen LogP contribution in [0.3, 0.4) is 0 Å². The minimum atomic E-state index is 0.317. The summed E-state index contributed by atoms with van der Waals surface area (Å²) in [6, 6.07) is 0.317. The second-order valence-electron chi connectivity index (χ2n) is 4.91. The van der Waals surface area contributed by atoms with Crippen molar-refractivity contribution in [2.45, 2.75) is 50.9 Å². The van der Waals surface area contributed by atoms with Crippen LogP contribution in [0.15, 0.2) is 16.8 Å².